The van der Waals surface area contributed by atoms with Crippen LogP contribution in [0.1, 0.15) is 24.1 Å². The molecule has 4 atom stereocenters. The number of halogens is 1. The summed E-state index contributed by atoms with van der Waals surface area (Å²) in [7, 11) is 0. The van der Waals surface area contributed by atoms with Crippen molar-refractivity contribution in [3.63, 3.8) is 0 Å². The van der Waals surface area contributed by atoms with Gasteiger partial charge in [0.2, 0.25) is 11.8 Å². The largest absolute Gasteiger partial charge is 0.465 e. The normalized spacial score (nSPS) is 21.0. The fourth-order valence-electron chi connectivity index (χ4n) is 6.82. The summed E-state index contributed by atoms with van der Waals surface area (Å²) in [4.78, 5) is 46.0. The SMILES string of the molecule is CCOC(=O)[C@@H]1[C@H]2C(=O)N(c3ccccc3)C(=O)[C@H]2[C@@H](c2cn(-c3ccccc3)nc2-c2ccc(Cl)cc2)N1Cc1ccccc1. The Balaban J connectivity index is 1.46. The first-order chi connectivity index (χ1) is 22.5. The first-order valence-electron chi connectivity index (χ1n) is 15.3. The number of benzene rings is 4. The van der Waals surface area contributed by atoms with Crippen LogP contribution in [0.4, 0.5) is 5.69 Å². The molecule has 2 aliphatic rings. The summed E-state index contributed by atoms with van der Waals surface area (Å²) in [5.41, 5.74) is 4.38. The van der Waals surface area contributed by atoms with Crippen LogP contribution < -0.4 is 4.90 Å². The molecule has 2 saturated heterocycles. The van der Waals surface area contributed by atoms with Crippen molar-refractivity contribution < 1.29 is 19.1 Å². The van der Waals surface area contributed by atoms with Crippen molar-refractivity contribution in [2.75, 3.05) is 11.5 Å². The van der Waals surface area contributed by atoms with E-state index >= 15 is 0 Å². The van der Waals surface area contributed by atoms with E-state index in [9.17, 15) is 14.4 Å². The Morgan fingerprint density at radius 1 is 0.783 bits per heavy atom. The Morgan fingerprint density at radius 3 is 2.00 bits per heavy atom. The third kappa shape index (κ3) is 5.19. The van der Waals surface area contributed by atoms with Crippen molar-refractivity contribution >= 4 is 35.1 Å². The molecule has 0 spiro atoms. The van der Waals surface area contributed by atoms with Crippen LogP contribution in [0.25, 0.3) is 16.9 Å². The molecule has 4 aromatic carbocycles. The van der Waals surface area contributed by atoms with E-state index in [1.54, 1.807) is 48.0 Å². The predicted octanol–water partition coefficient (Wildman–Crippen LogP) is 6.49. The summed E-state index contributed by atoms with van der Waals surface area (Å²) >= 11 is 6.27. The number of hydrogen-bond donors (Lipinski definition) is 0. The number of ether oxygens (including phenoxy) is 1. The van der Waals surface area contributed by atoms with E-state index in [2.05, 4.69) is 0 Å². The number of fused-ring (bicyclic) bond motifs is 1. The summed E-state index contributed by atoms with van der Waals surface area (Å²) in [5.74, 6) is -3.13. The van der Waals surface area contributed by atoms with Gasteiger partial charge in [-0.3, -0.25) is 19.3 Å². The first-order valence-corrected chi connectivity index (χ1v) is 15.6. The number of carbonyl (C=O) groups is 3. The zero-order chi connectivity index (χ0) is 31.8. The van der Waals surface area contributed by atoms with Crippen molar-refractivity contribution in [3.8, 4) is 16.9 Å². The van der Waals surface area contributed by atoms with Crippen LogP contribution in [0, 0.1) is 11.8 Å². The minimum Gasteiger partial charge on any atom is -0.465 e. The predicted molar refractivity (Wildman–Crippen MR) is 175 cm³/mol. The summed E-state index contributed by atoms with van der Waals surface area (Å²) < 4.78 is 7.40. The highest BCUT2D eigenvalue weighted by Crippen LogP contribution is 2.53. The first kappa shape index (κ1) is 29.6. The molecule has 2 aliphatic heterocycles. The summed E-state index contributed by atoms with van der Waals surface area (Å²) in [5, 5.41) is 5.61. The van der Waals surface area contributed by atoms with Gasteiger partial charge in [-0.2, -0.15) is 5.10 Å². The minimum absolute atomic E-state index is 0.142. The van der Waals surface area contributed by atoms with Gasteiger partial charge < -0.3 is 4.74 Å². The van der Waals surface area contributed by atoms with E-state index in [0.29, 0.717) is 22.9 Å². The molecular weight excluding hydrogens is 600 g/mol. The average Bonchev–Trinajstić information content (AvgIpc) is 3.73. The standard InChI is InChI=1S/C37H31ClN4O4/c1-2-46-37(45)34-31-30(35(43)42(36(31)44)28-16-10-5-11-17-28)33(40(34)22-24-12-6-3-7-13-24)29-23-41(27-14-8-4-9-15-27)39-32(29)25-18-20-26(38)21-19-25/h3-21,23,30-31,33-34H,2,22H2,1H3/t30-,31+,33-,34+/m1/s1. The number of aromatic nitrogens is 2. The fraction of sp³-hybridized carbons (Fsp3) is 0.189. The fourth-order valence-corrected chi connectivity index (χ4v) is 6.94. The highest BCUT2D eigenvalue weighted by molar-refractivity contribution is 6.30. The quantitative estimate of drug-likeness (QED) is 0.144. The van der Waals surface area contributed by atoms with Crippen LogP contribution in [0.3, 0.4) is 0 Å². The van der Waals surface area contributed by atoms with Crippen molar-refractivity contribution in [1.29, 1.82) is 0 Å². The lowest BCUT2D eigenvalue weighted by molar-refractivity contribution is -0.152. The molecule has 0 bridgehead atoms. The lowest BCUT2D eigenvalue weighted by Gasteiger charge is -2.32. The molecule has 0 radical (unpaired) electrons. The smallest absolute Gasteiger partial charge is 0.324 e. The van der Waals surface area contributed by atoms with Crippen LogP contribution in [0.5, 0.6) is 0 Å². The molecule has 0 aliphatic carbocycles. The minimum atomic E-state index is -1.00. The van der Waals surface area contributed by atoms with Gasteiger partial charge in [-0.25, -0.2) is 9.58 Å². The van der Waals surface area contributed by atoms with Gasteiger partial charge in [-0.05, 0) is 48.9 Å². The second-order valence-corrected chi connectivity index (χ2v) is 11.9. The van der Waals surface area contributed by atoms with Crippen molar-refractivity contribution in [2.24, 2.45) is 11.8 Å². The van der Waals surface area contributed by atoms with E-state index in [1.807, 2.05) is 90.0 Å². The highest BCUT2D eigenvalue weighted by atomic mass is 35.5. The summed E-state index contributed by atoms with van der Waals surface area (Å²) in [6, 6.07) is 34.0. The average molecular weight is 631 g/mol. The number of nitrogens with zero attached hydrogens (tertiary/aromatic N) is 4. The second-order valence-electron chi connectivity index (χ2n) is 11.4. The Kier molecular flexibility index (Phi) is 7.98. The highest BCUT2D eigenvalue weighted by Gasteiger charge is 2.65. The van der Waals surface area contributed by atoms with Crippen LogP contribution in [0.2, 0.25) is 5.02 Å². The number of anilines is 1. The molecule has 7 rings (SSSR count). The number of carbonyl (C=O) groups excluding carboxylic acids is 3. The molecule has 8 nitrogen and oxygen atoms in total. The van der Waals surface area contributed by atoms with Crippen molar-refractivity contribution in [3.05, 3.63) is 138 Å². The van der Waals surface area contributed by atoms with E-state index in [-0.39, 0.29) is 12.5 Å². The molecule has 0 unspecified atom stereocenters. The third-order valence-corrected chi connectivity index (χ3v) is 8.99. The van der Waals surface area contributed by atoms with Crippen LogP contribution in [-0.2, 0) is 25.7 Å². The third-order valence-electron chi connectivity index (χ3n) is 8.74. The second kappa shape index (κ2) is 12.4. The Hall–Kier alpha value is -5.05. The number of para-hydroxylation sites is 2. The molecule has 2 fully saturated rings. The molecule has 5 aromatic rings. The van der Waals surface area contributed by atoms with E-state index in [0.717, 1.165) is 22.4 Å². The number of amides is 2. The monoisotopic (exact) mass is 630 g/mol. The van der Waals surface area contributed by atoms with Crippen molar-refractivity contribution in [2.45, 2.75) is 25.6 Å². The zero-order valence-electron chi connectivity index (χ0n) is 25.1. The Bertz CT molecular complexity index is 1880. The number of rotatable bonds is 8. The number of likely N-dealkylation sites (tertiary alicyclic amines) is 1. The Morgan fingerprint density at radius 2 is 1.37 bits per heavy atom. The number of esters is 1. The maximum Gasteiger partial charge on any atom is 0.324 e. The maximum absolute atomic E-state index is 14.6. The lowest BCUT2D eigenvalue weighted by atomic mass is 9.86. The molecule has 46 heavy (non-hydrogen) atoms. The van der Waals surface area contributed by atoms with E-state index in [4.69, 9.17) is 21.4 Å². The molecule has 0 N–H and O–H groups in total. The van der Waals surface area contributed by atoms with Gasteiger partial charge in [0.05, 0.1) is 41.6 Å². The van der Waals surface area contributed by atoms with E-state index < -0.39 is 35.8 Å². The molecule has 2 amide bonds. The van der Waals surface area contributed by atoms with Gasteiger partial charge in [0.25, 0.3) is 0 Å². The zero-order valence-corrected chi connectivity index (χ0v) is 25.8. The van der Waals surface area contributed by atoms with Gasteiger partial charge in [-0.15, -0.1) is 0 Å². The lowest BCUT2D eigenvalue weighted by Crippen LogP contribution is -2.46. The Labute approximate surface area is 271 Å². The molecule has 230 valence electrons. The van der Waals surface area contributed by atoms with Crippen LogP contribution in [-0.4, -0.2) is 45.1 Å². The van der Waals surface area contributed by atoms with Gasteiger partial charge in [-0.1, -0.05) is 90.5 Å². The van der Waals surface area contributed by atoms with Crippen LogP contribution in [0.15, 0.2) is 121 Å². The number of hydrogen-bond acceptors (Lipinski definition) is 6. The van der Waals surface area contributed by atoms with E-state index in [1.165, 1.54) is 4.90 Å². The van der Waals surface area contributed by atoms with Gasteiger partial charge in [0.1, 0.15) is 6.04 Å². The summed E-state index contributed by atoms with van der Waals surface area (Å²) in [6.07, 6.45) is 1.91. The summed E-state index contributed by atoms with van der Waals surface area (Å²) in [6.45, 7) is 2.19. The molecule has 3 heterocycles. The van der Waals surface area contributed by atoms with Gasteiger partial charge in [0.15, 0.2) is 0 Å². The van der Waals surface area contributed by atoms with Gasteiger partial charge in [0, 0.05) is 28.9 Å². The molecule has 9 heteroatoms. The molecular formula is C37H31ClN4O4. The molecule has 0 saturated carbocycles. The topological polar surface area (TPSA) is 84.7 Å². The molecule has 1 aromatic heterocycles. The van der Waals surface area contributed by atoms with Crippen LogP contribution >= 0.6 is 11.6 Å². The maximum atomic E-state index is 14.6. The van der Waals surface area contributed by atoms with Gasteiger partial charge >= 0.3 is 5.97 Å². The van der Waals surface area contributed by atoms with Crippen molar-refractivity contribution in [1.82, 2.24) is 14.7 Å². The number of imide groups is 1.